The minimum Gasteiger partial charge on any atom is -0.497 e. The molecule has 0 aliphatic rings. The lowest BCUT2D eigenvalue weighted by Crippen LogP contribution is -2.05. The van der Waals surface area contributed by atoms with Crippen LogP contribution in [0.25, 0.3) is 10.9 Å². The molecule has 4 rings (SSSR count). The molecule has 0 fully saturated rings. The monoisotopic (exact) mass is 417 g/mol. The summed E-state index contributed by atoms with van der Waals surface area (Å²) in [5.74, 6) is 1.68. The molecule has 0 unspecified atom stereocenters. The number of ether oxygens (including phenoxy) is 1. The average molecular weight is 417 g/mol. The molecule has 31 heavy (non-hydrogen) atoms. The van der Waals surface area contributed by atoms with Crippen molar-refractivity contribution in [3.63, 3.8) is 0 Å². The van der Waals surface area contributed by atoms with Crippen molar-refractivity contribution in [1.29, 1.82) is 0 Å². The molecule has 0 saturated heterocycles. The number of oxime groups is 1. The fraction of sp³-hybridized carbons (Fsp3) is 0.182. The van der Waals surface area contributed by atoms with Gasteiger partial charge in [-0.15, -0.1) is 0 Å². The topological polar surface area (TPSA) is 112 Å². The van der Waals surface area contributed by atoms with Gasteiger partial charge in [-0.25, -0.2) is 9.97 Å². The SMILES string of the molecule is CCON=Cc1c(N)ncnc1Nc1ccc2c(cnn2Cc2cccc(OC)c2)c1. The summed E-state index contributed by atoms with van der Waals surface area (Å²) in [5.41, 5.74) is 9.52. The van der Waals surface area contributed by atoms with E-state index >= 15 is 0 Å². The number of hydrogen-bond donors (Lipinski definition) is 2. The zero-order chi connectivity index (χ0) is 21.6. The molecular formula is C22H23N7O2. The first kappa shape index (κ1) is 20.1. The van der Waals surface area contributed by atoms with Gasteiger partial charge in [0.1, 0.15) is 30.3 Å². The number of nitrogens with zero attached hydrogens (tertiary/aromatic N) is 5. The van der Waals surface area contributed by atoms with Crippen molar-refractivity contribution in [2.75, 3.05) is 24.8 Å². The molecule has 2 aromatic heterocycles. The quantitative estimate of drug-likeness (QED) is 0.333. The molecule has 0 saturated carbocycles. The van der Waals surface area contributed by atoms with Crippen molar-refractivity contribution in [2.24, 2.45) is 5.16 Å². The summed E-state index contributed by atoms with van der Waals surface area (Å²) in [7, 11) is 1.66. The molecule has 0 bridgehead atoms. The lowest BCUT2D eigenvalue weighted by atomic mass is 10.2. The largest absolute Gasteiger partial charge is 0.497 e. The number of rotatable bonds is 8. The molecule has 4 aromatic rings. The third-order valence-corrected chi connectivity index (χ3v) is 4.67. The van der Waals surface area contributed by atoms with E-state index in [4.69, 9.17) is 15.3 Å². The van der Waals surface area contributed by atoms with E-state index in [-0.39, 0.29) is 0 Å². The number of nitrogens with one attached hydrogen (secondary N) is 1. The van der Waals surface area contributed by atoms with Crippen LogP contribution in [0, 0.1) is 0 Å². The number of nitrogens with two attached hydrogens (primary N) is 1. The van der Waals surface area contributed by atoms with Crippen LogP contribution in [0.4, 0.5) is 17.3 Å². The zero-order valence-electron chi connectivity index (χ0n) is 17.3. The van der Waals surface area contributed by atoms with Crippen molar-refractivity contribution in [2.45, 2.75) is 13.5 Å². The fourth-order valence-electron chi connectivity index (χ4n) is 3.17. The van der Waals surface area contributed by atoms with Gasteiger partial charge in [-0.3, -0.25) is 4.68 Å². The van der Waals surface area contributed by atoms with Gasteiger partial charge in [0.2, 0.25) is 0 Å². The molecule has 0 radical (unpaired) electrons. The van der Waals surface area contributed by atoms with E-state index in [0.29, 0.717) is 30.4 Å². The van der Waals surface area contributed by atoms with Crippen molar-refractivity contribution in [1.82, 2.24) is 19.7 Å². The molecule has 0 aliphatic carbocycles. The Morgan fingerprint density at radius 3 is 2.94 bits per heavy atom. The molecular weight excluding hydrogens is 394 g/mol. The molecule has 2 heterocycles. The van der Waals surface area contributed by atoms with Crippen LogP contribution in [0.1, 0.15) is 18.1 Å². The maximum Gasteiger partial charge on any atom is 0.144 e. The molecule has 158 valence electrons. The highest BCUT2D eigenvalue weighted by Gasteiger charge is 2.10. The number of benzene rings is 2. The first-order valence-electron chi connectivity index (χ1n) is 9.79. The van der Waals surface area contributed by atoms with E-state index in [1.165, 1.54) is 12.5 Å². The second-order valence-corrected chi connectivity index (χ2v) is 6.73. The summed E-state index contributed by atoms with van der Waals surface area (Å²) < 4.78 is 7.26. The summed E-state index contributed by atoms with van der Waals surface area (Å²) in [6.45, 7) is 2.96. The summed E-state index contributed by atoms with van der Waals surface area (Å²) in [4.78, 5) is 13.3. The third-order valence-electron chi connectivity index (χ3n) is 4.67. The van der Waals surface area contributed by atoms with E-state index in [9.17, 15) is 0 Å². The Hall–Kier alpha value is -4.14. The average Bonchev–Trinajstić information content (AvgIpc) is 3.18. The second-order valence-electron chi connectivity index (χ2n) is 6.73. The van der Waals surface area contributed by atoms with Gasteiger partial charge in [0.15, 0.2) is 0 Å². The van der Waals surface area contributed by atoms with E-state index < -0.39 is 0 Å². The maximum absolute atomic E-state index is 5.98. The predicted octanol–water partition coefficient (Wildman–Crippen LogP) is 3.58. The number of nitrogen functional groups attached to an aromatic ring is 1. The van der Waals surface area contributed by atoms with Crippen molar-refractivity contribution >= 4 is 34.4 Å². The van der Waals surface area contributed by atoms with Crippen molar-refractivity contribution < 1.29 is 9.57 Å². The van der Waals surface area contributed by atoms with Gasteiger partial charge < -0.3 is 20.6 Å². The van der Waals surface area contributed by atoms with Gasteiger partial charge in [-0.1, -0.05) is 17.3 Å². The molecule has 3 N–H and O–H groups in total. The lowest BCUT2D eigenvalue weighted by molar-refractivity contribution is 0.160. The Morgan fingerprint density at radius 1 is 1.19 bits per heavy atom. The van der Waals surface area contributed by atoms with E-state index in [1.54, 1.807) is 7.11 Å². The van der Waals surface area contributed by atoms with Crippen molar-refractivity contribution in [3.05, 3.63) is 66.1 Å². The standard InChI is InChI=1S/C22H23N7O2/c1-3-31-27-12-19-21(23)24-14-25-22(19)28-17-7-8-20-16(10-17)11-26-29(20)13-15-5-4-6-18(9-15)30-2/h4-12,14H,3,13H2,1-2H3,(H3,23,24,25,28). The first-order valence-corrected chi connectivity index (χ1v) is 9.79. The van der Waals surface area contributed by atoms with Crippen LogP contribution in [0.5, 0.6) is 5.75 Å². The number of methoxy groups -OCH3 is 1. The van der Waals surface area contributed by atoms with Gasteiger partial charge >= 0.3 is 0 Å². The van der Waals surface area contributed by atoms with Crippen LogP contribution in [0.2, 0.25) is 0 Å². The van der Waals surface area contributed by atoms with Crippen molar-refractivity contribution in [3.8, 4) is 5.75 Å². The first-order chi connectivity index (χ1) is 15.2. The van der Waals surface area contributed by atoms with Crippen LogP contribution < -0.4 is 15.8 Å². The summed E-state index contributed by atoms with van der Waals surface area (Å²) >= 11 is 0. The summed E-state index contributed by atoms with van der Waals surface area (Å²) in [6.07, 6.45) is 4.75. The Kier molecular flexibility index (Phi) is 5.93. The Labute approximate surface area is 179 Å². The van der Waals surface area contributed by atoms with E-state index in [0.717, 1.165) is 27.9 Å². The van der Waals surface area contributed by atoms with Crippen LogP contribution in [0.15, 0.2) is 60.1 Å². The molecule has 2 aromatic carbocycles. The summed E-state index contributed by atoms with van der Waals surface area (Å²) in [6, 6.07) is 14.0. The van der Waals surface area contributed by atoms with E-state index in [2.05, 4.69) is 31.6 Å². The minimum atomic E-state index is 0.313. The molecule has 0 amide bonds. The van der Waals surface area contributed by atoms with Crippen LogP contribution in [-0.2, 0) is 11.4 Å². The van der Waals surface area contributed by atoms with Gasteiger partial charge in [0, 0.05) is 11.1 Å². The van der Waals surface area contributed by atoms with Crippen LogP contribution >= 0.6 is 0 Å². The number of anilines is 3. The fourth-order valence-corrected chi connectivity index (χ4v) is 3.17. The number of aromatic nitrogens is 4. The summed E-state index contributed by atoms with van der Waals surface area (Å²) in [5, 5.41) is 12.7. The van der Waals surface area contributed by atoms with Gasteiger partial charge in [-0.05, 0) is 42.8 Å². The highest BCUT2D eigenvalue weighted by Crippen LogP contribution is 2.25. The number of hydrogen-bond acceptors (Lipinski definition) is 8. The normalized spacial score (nSPS) is 11.2. The molecule has 0 spiro atoms. The molecule has 0 aliphatic heterocycles. The highest BCUT2D eigenvalue weighted by molar-refractivity contribution is 5.93. The Bertz CT molecular complexity index is 1220. The number of fused-ring (bicyclic) bond motifs is 1. The molecule has 0 atom stereocenters. The zero-order valence-corrected chi connectivity index (χ0v) is 17.3. The smallest absolute Gasteiger partial charge is 0.144 e. The van der Waals surface area contributed by atoms with Gasteiger partial charge in [-0.2, -0.15) is 5.10 Å². The third kappa shape index (κ3) is 4.55. The predicted molar refractivity (Wildman–Crippen MR) is 121 cm³/mol. The lowest BCUT2D eigenvalue weighted by Gasteiger charge is -2.10. The Balaban J connectivity index is 1.58. The van der Waals surface area contributed by atoms with Crippen LogP contribution in [0.3, 0.4) is 0 Å². The van der Waals surface area contributed by atoms with E-state index in [1.807, 2.05) is 54.2 Å². The second kappa shape index (κ2) is 9.12. The molecule has 9 nitrogen and oxygen atoms in total. The Morgan fingerprint density at radius 2 is 2.10 bits per heavy atom. The van der Waals surface area contributed by atoms with Gasteiger partial charge in [0.05, 0.1) is 37.1 Å². The minimum absolute atomic E-state index is 0.313. The highest BCUT2D eigenvalue weighted by atomic mass is 16.6. The van der Waals surface area contributed by atoms with Crippen LogP contribution in [-0.4, -0.2) is 39.7 Å². The maximum atomic E-state index is 5.98. The van der Waals surface area contributed by atoms with Gasteiger partial charge in [0.25, 0.3) is 0 Å². The molecule has 9 heteroatoms.